The van der Waals surface area contributed by atoms with Gasteiger partial charge in [-0.2, -0.15) is 0 Å². The zero-order valence-electron chi connectivity index (χ0n) is 10.2. The molecule has 6 heteroatoms. The van der Waals surface area contributed by atoms with Crippen molar-refractivity contribution in [2.75, 3.05) is 25.9 Å². The maximum Gasteiger partial charge on any atom is 0.263 e. The van der Waals surface area contributed by atoms with Gasteiger partial charge in [0, 0.05) is 12.6 Å². The van der Waals surface area contributed by atoms with E-state index in [1.165, 1.54) is 11.3 Å². The first-order valence-electron chi connectivity index (χ1n) is 5.78. The lowest BCUT2D eigenvalue weighted by Gasteiger charge is -2.30. The molecule has 17 heavy (non-hydrogen) atoms. The van der Waals surface area contributed by atoms with Crippen LogP contribution in [0.4, 0.5) is 5.13 Å². The highest BCUT2D eigenvalue weighted by atomic mass is 32.1. The number of likely N-dealkylation sites (tertiary alicyclic amines) is 1. The molecule has 1 aromatic heterocycles. The molecule has 1 amide bonds. The summed E-state index contributed by atoms with van der Waals surface area (Å²) in [5.41, 5.74) is 6.31. The number of rotatable bonds is 2. The Morgan fingerprint density at radius 1 is 1.65 bits per heavy atom. The lowest BCUT2D eigenvalue weighted by molar-refractivity contribution is 0.0916. The summed E-state index contributed by atoms with van der Waals surface area (Å²) in [4.78, 5) is 19.0. The van der Waals surface area contributed by atoms with E-state index in [-0.39, 0.29) is 11.9 Å². The third-order valence-electron chi connectivity index (χ3n) is 2.98. The van der Waals surface area contributed by atoms with Gasteiger partial charge in [-0.15, -0.1) is 0 Å². The number of amides is 1. The van der Waals surface area contributed by atoms with Crippen LogP contribution in [-0.4, -0.2) is 42.0 Å². The number of nitrogens with zero attached hydrogens (tertiary/aromatic N) is 2. The molecule has 0 radical (unpaired) electrons. The second-order valence-electron chi connectivity index (χ2n) is 4.54. The predicted molar refractivity (Wildman–Crippen MR) is 69.2 cm³/mol. The van der Waals surface area contributed by atoms with Gasteiger partial charge in [0.25, 0.3) is 5.91 Å². The Morgan fingerprint density at radius 3 is 3.00 bits per heavy atom. The summed E-state index contributed by atoms with van der Waals surface area (Å²) in [5.74, 6) is -0.0444. The fraction of sp³-hybridized carbons (Fsp3) is 0.636. The third-order valence-corrected chi connectivity index (χ3v) is 3.96. The molecule has 0 aromatic carbocycles. The Labute approximate surface area is 105 Å². The van der Waals surface area contributed by atoms with Gasteiger partial charge in [-0.3, -0.25) is 4.79 Å². The first kappa shape index (κ1) is 12.3. The van der Waals surface area contributed by atoms with Crippen LogP contribution < -0.4 is 11.1 Å². The van der Waals surface area contributed by atoms with E-state index in [4.69, 9.17) is 5.73 Å². The molecule has 0 bridgehead atoms. The minimum absolute atomic E-state index is 0.0444. The van der Waals surface area contributed by atoms with E-state index in [9.17, 15) is 4.79 Å². The van der Waals surface area contributed by atoms with Crippen LogP contribution in [0.1, 0.15) is 28.2 Å². The molecule has 1 aliphatic rings. The summed E-state index contributed by atoms with van der Waals surface area (Å²) in [6, 6.07) is 0.240. The highest BCUT2D eigenvalue weighted by Gasteiger charge is 2.21. The number of piperidine rings is 1. The van der Waals surface area contributed by atoms with E-state index in [1.807, 2.05) is 6.92 Å². The molecule has 3 N–H and O–H groups in total. The number of aryl methyl sites for hydroxylation is 1. The molecular formula is C11H18N4OS. The summed E-state index contributed by atoms with van der Waals surface area (Å²) in [6.07, 6.45) is 2.18. The molecule has 0 aliphatic carbocycles. The molecule has 1 saturated heterocycles. The van der Waals surface area contributed by atoms with E-state index >= 15 is 0 Å². The van der Waals surface area contributed by atoms with Gasteiger partial charge in [-0.05, 0) is 33.4 Å². The number of carbonyl (C=O) groups excluding carboxylic acids is 1. The summed E-state index contributed by atoms with van der Waals surface area (Å²) in [6.45, 7) is 3.84. The largest absolute Gasteiger partial charge is 0.375 e. The van der Waals surface area contributed by atoms with Gasteiger partial charge >= 0.3 is 0 Å². The zero-order valence-corrected chi connectivity index (χ0v) is 11.0. The lowest BCUT2D eigenvalue weighted by Crippen LogP contribution is -2.46. The van der Waals surface area contributed by atoms with Crippen LogP contribution in [-0.2, 0) is 0 Å². The van der Waals surface area contributed by atoms with Crippen molar-refractivity contribution < 1.29 is 4.79 Å². The highest BCUT2D eigenvalue weighted by Crippen LogP contribution is 2.20. The van der Waals surface area contributed by atoms with Gasteiger partial charge in [0.1, 0.15) is 4.88 Å². The van der Waals surface area contributed by atoms with Crippen LogP contribution in [0.2, 0.25) is 0 Å². The maximum atomic E-state index is 12.0. The average molecular weight is 254 g/mol. The monoisotopic (exact) mass is 254 g/mol. The van der Waals surface area contributed by atoms with E-state index in [0.717, 1.165) is 25.9 Å². The number of hydrogen-bond acceptors (Lipinski definition) is 5. The zero-order chi connectivity index (χ0) is 12.4. The summed E-state index contributed by atoms with van der Waals surface area (Å²) in [5, 5.41) is 3.51. The standard InChI is InChI=1S/C11H18N4OS/c1-7-9(17-11(12)13-7)10(16)14-8-4-3-5-15(2)6-8/h8H,3-6H2,1-2H3,(H2,12,13)(H,14,16). The molecule has 1 atom stereocenters. The molecule has 1 aliphatic heterocycles. The number of hydrogen-bond donors (Lipinski definition) is 2. The SMILES string of the molecule is Cc1nc(N)sc1C(=O)NC1CCCN(C)C1. The molecule has 94 valence electrons. The highest BCUT2D eigenvalue weighted by molar-refractivity contribution is 7.17. The molecular weight excluding hydrogens is 236 g/mol. The summed E-state index contributed by atoms with van der Waals surface area (Å²) < 4.78 is 0. The van der Waals surface area contributed by atoms with Gasteiger partial charge in [-0.25, -0.2) is 4.98 Å². The normalized spacial score (nSPS) is 21.4. The first-order chi connectivity index (χ1) is 8.06. The molecule has 1 fully saturated rings. The molecule has 5 nitrogen and oxygen atoms in total. The minimum atomic E-state index is -0.0444. The van der Waals surface area contributed by atoms with E-state index < -0.39 is 0 Å². The van der Waals surface area contributed by atoms with Gasteiger partial charge in [0.2, 0.25) is 0 Å². The van der Waals surface area contributed by atoms with Crippen LogP contribution in [0.15, 0.2) is 0 Å². The fourth-order valence-corrected chi connectivity index (χ4v) is 2.90. The Hall–Kier alpha value is -1.14. The Bertz CT molecular complexity index is 418. The number of likely N-dealkylation sites (N-methyl/N-ethyl adjacent to an activating group) is 1. The maximum absolute atomic E-state index is 12.0. The van der Waals surface area contributed by atoms with E-state index in [0.29, 0.717) is 15.7 Å². The van der Waals surface area contributed by atoms with Crippen molar-refractivity contribution in [1.82, 2.24) is 15.2 Å². The number of thiazole rings is 1. The van der Waals surface area contributed by atoms with Crippen LogP contribution in [0.3, 0.4) is 0 Å². The van der Waals surface area contributed by atoms with E-state index in [2.05, 4.69) is 22.2 Å². The van der Waals surface area contributed by atoms with Crippen molar-refractivity contribution in [2.45, 2.75) is 25.8 Å². The second-order valence-corrected chi connectivity index (χ2v) is 5.57. The van der Waals surface area contributed by atoms with Crippen LogP contribution in [0, 0.1) is 6.92 Å². The lowest BCUT2D eigenvalue weighted by atomic mass is 10.1. The number of carbonyl (C=O) groups is 1. The summed E-state index contributed by atoms with van der Waals surface area (Å²) >= 11 is 1.25. The summed E-state index contributed by atoms with van der Waals surface area (Å²) in [7, 11) is 2.08. The molecule has 1 aromatic rings. The molecule has 2 heterocycles. The molecule has 0 spiro atoms. The van der Waals surface area contributed by atoms with Crippen molar-refractivity contribution in [2.24, 2.45) is 0 Å². The van der Waals surface area contributed by atoms with Crippen LogP contribution in [0.5, 0.6) is 0 Å². The third kappa shape index (κ3) is 2.95. The number of nitrogens with two attached hydrogens (primary N) is 1. The molecule has 2 rings (SSSR count). The van der Waals surface area contributed by atoms with Crippen molar-refractivity contribution in [1.29, 1.82) is 0 Å². The Balaban J connectivity index is 1.99. The number of anilines is 1. The van der Waals surface area contributed by atoms with Crippen LogP contribution >= 0.6 is 11.3 Å². The Kier molecular flexibility index (Phi) is 3.63. The van der Waals surface area contributed by atoms with Crippen molar-refractivity contribution in [3.63, 3.8) is 0 Å². The van der Waals surface area contributed by atoms with Crippen molar-refractivity contribution in [3.8, 4) is 0 Å². The minimum Gasteiger partial charge on any atom is -0.375 e. The van der Waals surface area contributed by atoms with Crippen molar-refractivity contribution in [3.05, 3.63) is 10.6 Å². The fourth-order valence-electron chi connectivity index (χ4n) is 2.16. The quantitative estimate of drug-likeness (QED) is 0.821. The van der Waals surface area contributed by atoms with Gasteiger partial charge in [0.15, 0.2) is 5.13 Å². The smallest absolute Gasteiger partial charge is 0.263 e. The van der Waals surface area contributed by atoms with Crippen molar-refractivity contribution >= 4 is 22.4 Å². The number of nitrogens with one attached hydrogen (secondary N) is 1. The van der Waals surface area contributed by atoms with Gasteiger partial charge in [-0.1, -0.05) is 11.3 Å². The number of aromatic nitrogens is 1. The topological polar surface area (TPSA) is 71.2 Å². The van der Waals surface area contributed by atoms with E-state index in [1.54, 1.807) is 0 Å². The molecule has 0 saturated carbocycles. The van der Waals surface area contributed by atoms with Gasteiger partial charge in [0.05, 0.1) is 5.69 Å². The average Bonchev–Trinajstić information content (AvgIpc) is 2.58. The predicted octanol–water partition coefficient (Wildman–Crippen LogP) is 0.858. The molecule has 1 unspecified atom stereocenters. The Morgan fingerprint density at radius 2 is 2.41 bits per heavy atom. The van der Waals surface area contributed by atoms with Crippen LogP contribution in [0.25, 0.3) is 0 Å². The first-order valence-corrected chi connectivity index (χ1v) is 6.60. The second kappa shape index (κ2) is 5.01. The number of nitrogen functional groups attached to an aromatic ring is 1. The van der Waals surface area contributed by atoms with Gasteiger partial charge < -0.3 is 16.0 Å².